The lowest BCUT2D eigenvalue weighted by Gasteiger charge is -2.26. The van der Waals surface area contributed by atoms with E-state index >= 15 is 0 Å². The molecule has 7 nitrogen and oxygen atoms in total. The number of benzene rings is 1. The molecule has 2 aromatic rings. The summed E-state index contributed by atoms with van der Waals surface area (Å²) in [6, 6.07) is 8.62. The van der Waals surface area contributed by atoms with Gasteiger partial charge in [0.25, 0.3) is 0 Å². The number of carbonyl (C=O) groups is 2. The van der Waals surface area contributed by atoms with E-state index in [2.05, 4.69) is 10.6 Å². The van der Waals surface area contributed by atoms with Crippen LogP contribution in [0.3, 0.4) is 0 Å². The maximum Gasteiger partial charge on any atom is 0.313 e. The van der Waals surface area contributed by atoms with Gasteiger partial charge in [-0.25, -0.2) is 0 Å². The largest absolute Gasteiger partial charge is 0.495 e. The molecule has 26 heavy (non-hydrogen) atoms. The number of ether oxygens (including phenoxy) is 1. The Bertz CT molecular complexity index is 798. The summed E-state index contributed by atoms with van der Waals surface area (Å²) >= 11 is 0. The highest BCUT2D eigenvalue weighted by atomic mass is 16.5. The van der Waals surface area contributed by atoms with E-state index in [0.717, 1.165) is 18.4 Å². The number of hydrogen-bond donors (Lipinski definition) is 3. The average molecular weight is 358 g/mol. The average Bonchev–Trinajstić information content (AvgIpc) is 3.34. The Labute approximate surface area is 151 Å². The fraction of sp³-hybridized carbons (Fsp3) is 0.368. The second-order valence-electron chi connectivity index (χ2n) is 6.52. The Morgan fingerprint density at radius 3 is 2.69 bits per heavy atom. The maximum absolute atomic E-state index is 12.2. The van der Waals surface area contributed by atoms with Gasteiger partial charge in [0, 0.05) is 0 Å². The van der Waals surface area contributed by atoms with Crippen molar-refractivity contribution in [2.24, 2.45) is 5.92 Å². The van der Waals surface area contributed by atoms with Gasteiger partial charge in [-0.15, -0.1) is 0 Å². The highest BCUT2D eigenvalue weighted by Gasteiger charge is 2.47. The van der Waals surface area contributed by atoms with E-state index in [1.54, 1.807) is 24.3 Å². The number of rotatable bonds is 6. The summed E-state index contributed by atoms with van der Waals surface area (Å²) in [5.41, 5.74) is 0.0269. The molecule has 0 aliphatic heterocycles. The molecule has 1 aliphatic carbocycles. The van der Waals surface area contributed by atoms with Crippen LogP contribution >= 0.6 is 0 Å². The van der Waals surface area contributed by atoms with Gasteiger partial charge in [-0.05, 0) is 55.5 Å². The van der Waals surface area contributed by atoms with Crippen LogP contribution in [0.2, 0.25) is 0 Å². The first-order valence-corrected chi connectivity index (χ1v) is 8.44. The summed E-state index contributed by atoms with van der Waals surface area (Å²) in [4.78, 5) is 24.4. The van der Waals surface area contributed by atoms with E-state index in [1.165, 1.54) is 13.4 Å². The maximum atomic E-state index is 12.2. The zero-order valence-corrected chi connectivity index (χ0v) is 14.7. The molecule has 0 spiro atoms. The predicted octanol–water partition coefficient (Wildman–Crippen LogP) is 1.95. The van der Waals surface area contributed by atoms with Crippen LogP contribution < -0.4 is 15.4 Å². The van der Waals surface area contributed by atoms with Crippen molar-refractivity contribution in [3.63, 3.8) is 0 Å². The highest BCUT2D eigenvalue weighted by molar-refractivity contribution is 6.39. The molecule has 3 N–H and O–H groups in total. The minimum atomic E-state index is -1.31. The molecule has 2 amide bonds. The summed E-state index contributed by atoms with van der Waals surface area (Å²) in [6.07, 6.45) is 3.17. The summed E-state index contributed by atoms with van der Waals surface area (Å²) in [7, 11) is 1.49. The fourth-order valence-corrected chi connectivity index (χ4v) is 2.91. The first-order chi connectivity index (χ1) is 12.4. The number of anilines is 1. The highest BCUT2D eigenvalue weighted by Crippen LogP contribution is 2.45. The number of aliphatic hydroxyl groups is 1. The summed E-state index contributed by atoms with van der Waals surface area (Å²) in [5.74, 6) is -0.803. The molecular weight excluding hydrogens is 336 g/mol. The van der Waals surface area contributed by atoms with Crippen LogP contribution in [-0.2, 0) is 15.2 Å². The van der Waals surface area contributed by atoms with E-state index in [1.807, 2.05) is 13.0 Å². The quantitative estimate of drug-likeness (QED) is 0.685. The zero-order valence-electron chi connectivity index (χ0n) is 14.7. The van der Waals surface area contributed by atoms with Gasteiger partial charge in [-0.1, -0.05) is 6.07 Å². The van der Waals surface area contributed by atoms with Crippen LogP contribution in [0.25, 0.3) is 0 Å². The Morgan fingerprint density at radius 2 is 2.08 bits per heavy atom. The van der Waals surface area contributed by atoms with Crippen molar-refractivity contribution in [1.29, 1.82) is 0 Å². The van der Waals surface area contributed by atoms with E-state index in [0.29, 0.717) is 17.2 Å². The van der Waals surface area contributed by atoms with Crippen LogP contribution in [0.15, 0.2) is 41.0 Å². The van der Waals surface area contributed by atoms with E-state index in [-0.39, 0.29) is 12.5 Å². The molecule has 0 saturated heterocycles. The standard InChI is InChI=1S/C19H22N2O5/c1-12-5-8-15(25-2)14(10-12)21-18(23)17(22)20-11-19(24,13-6-7-13)16-4-3-9-26-16/h3-5,8-10,13,24H,6-7,11H2,1-2H3,(H,20,22)(H,21,23). The molecule has 0 radical (unpaired) electrons. The monoisotopic (exact) mass is 358 g/mol. The molecule has 1 saturated carbocycles. The lowest BCUT2D eigenvalue weighted by molar-refractivity contribution is -0.137. The van der Waals surface area contributed by atoms with Gasteiger partial charge in [0.05, 0.1) is 25.6 Å². The first kappa shape index (κ1) is 18.0. The lowest BCUT2D eigenvalue weighted by Crippen LogP contribution is -2.45. The second-order valence-corrected chi connectivity index (χ2v) is 6.52. The number of amides is 2. The van der Waals surface area contributed by atoms with E-state index in [9.17, 15) is 14.7 Å². The minimum Gasteiger partial charge on any atom is -0.495 e. The van der Waals surface area contributed by atoms with Crippen molar-refractivity contribution >= 4 is 17.5 Å². The fourth-order valence-electron chi connectivity index (χ4n) is 2.91. The number of aryl methyl sites for hydroxylation is 1. The van der Waals surface area contributed by atoms with Crippen LogP contribution in [0.1, 0.15) is 24.2 Å². The number of methoxy groups -OCH3 is 1. The summed E-state index contributed by atoms with van der Waals surface area (Å²) in [6.45, 7) is 1.77. The molecule has 138 valence electrons. The predicted molar refractivity (Wildman–Crippen MR) is 94.7 cm³/mol. The molecule has 0 bridgehead atoms. The second kappa shape index (κ2) is 7.21. The van der Waals surface area contributed by atoms with Crippen molar-refractivity contribution in [1.82, 2.24) is 5.32 Å². The van der Waals surface area contributed by atoms with Gasteiger partial charge in [0.15, 0.2) is 0 Å². The third-order valence-corrected chi connectivity index (χ3v) is 4.53. The molecular formula is C19H22N2O5. The van der Waals surface area contributed by atoms with Crippen LogP contribution in [0, 0.1) is 12.8 Å². The van der Waals surface area contributed by atoms with Crippen molar-refractivity contribution in [3.05, 3.63) is 47.9 Å². The number of furan rings is 1. The number of hydrogen-bond acceptors (Lipinski definition) is 5. The van der Waals surface area contributed by atoms with Crippen LogP contribution in [0.5, 0.6) is 5.75 Å². The molecule has 1 unspecified atom stereocenters. The Balaban J connectivity index is 1.64. The van der Waals surface area contributed by atoms with Gasteiger partial charge in [-0.2, -0.15) is 0 Å². The molecule has 1 atom stereocenters. The topological polar surface area (TPSA) is 101 Å². The summed E-state index contributed by atoms with van der Waals surface area (Å²) < 4.78 is 10.5. The third-order valence-electron chi connectivity index (χ3n) is 4.53. The van der Waals surface area contributed by atoms with E-state index in [4.69, 9.17) is 9.15 Å². The Morgan fingerprint density at radius 1 is 1.31 bits per heavy atom. The van der Waals surface area contributed by atoms with Gasteiger partial charge in [0.1, 0.15) is 17.1 Å². The third kappa shape index (κ3) is 3.72. The van der Waals surface area contributed by atoms with Crippen LogP contribution in [0.4, 0.5) is 5.69 Å². The van der Waals surface area contributed by atoms with Crippen molar-refractivity contribution in [2.75, 3.05) is 19.0 Å². The van der Waals surface area contributed by atoms with Crippen molar-refractivity contribution in [2.45, 2.75) is 25.4 Å². The molecule has 1 aromatic heterocycles. The molecule has 1 aromatic carbocycles. The lowest BCUT2D eigenvalue weighted by atomic mass is 9.94. The van der Waals surface area contributed by atoms with Gasteiger partial charge in [0.2, 0.25) is 0 Å². The smallest absolute Gasteiger partial charge is 0.313 e. The molecule has 1 fully saturated rings. The molecule has 7 heteroatoms. The van der Waals surface area contributed by atoms with Gasteiger partial charge in [-0.3, -0.25) is 9.59 Å². The van der Waals surface area contributed by atoms with E-state index < -0.39 is 17.4 Å². The number of nitrogens with one attached hydrogen (secondary N) is 2. The zero-order chi connectivity index (χ0) is 18.7. The van der Waals surface area contributed by atoms with Crippen molar-refractivity contribution in [3.8, 4) is 5.75 Å². The Kier molecular flexibility index (Phi) is 4.99. The minimum absolute atomic E-state index is 0.00822. The number of carbonyl (C=O) groups excluding carboxylic acids is 2. The Hall–Kier alpha value is -2.80. The molecule has 1 heterocycles. The molecule has 3 rings (SSSR count). The SMILES string of the molecule is COc1ccc(C)cc1NC(=O)C(=O)NCC(O)(c1ccco1)C1CC1. The van der Waals surface area contributed by atoms with Gasteiger partial charge < -0.3 is 24.9 Å². The summed E-state index contributed by atoms with van der Waals surface area (Å²) in [5, 5.41) is 15.9. The van der Waals surface area contributed by atoms with Gasteiger partial charge >= 0.3 is 11.8 Å². The normalized spacial score (nSPS) is 15.8. The van der Waals surface area contributed by atoms with Crippen molar-refractivity contribution < 1.29 is 23.8 Å². The van der Waals surface area contributed by atoms with Crippen LogP contribution in [-0.4, -0.2) is 30.6 Å². The first-order valence-electron chi connectivity index (χ1n) is 8.44. The molecule has 1 aliphatic rings.